The molecule has 618 valence electrons. The van der Waals surface area contributed by atoms with Crippen LogP contribution in [0.4, 0.5) is 23.3 Å². The maximum Gasteiger partial charge on any atom is 0.236 e. The lowest BCUT2D eigenvalue weighted by molar-refractivity contribution is -0.119. The Balaban J connectivity index is 0.000000146. The van der Waals surface area contributed by atoms with Gasteiger partial charge in [-0.25, -0.2) is 19.9 Å². The zero-order chi connectivity index (χ0) is 83.9. The van der Waals surface area contributed by atoms with Gasteiger partial charge in [-0.1, -0.05) is 144 Å². The van der Waals surface area contributed by atoms with E-state index < -0.39 is 32.7 Å². The number of methoxy groups -OCH3 is 1. The van der Waals surface area contributed by atoms with Gasteiger partial charge in [0.2, 0.25) is 44.0 Å². The molecule has 4 saturated carbocycles. The Hall–Kier alpha value is -12.8. The van der Waals surface area contributed by atoms with E-state index in [9.17, 15) is 24.3 Å². The molecule has 19 rings (SSSR count). The maximum absolute atomic E-state index is 13.2. The Kier molecular flexibility index (Phi) is 24.3. The quantitative estimate of drug-likeness (QED) is 0.0410. The van der Waals surface area contributed by atoms with E-state index in [1.807, 2.05) is 214 Å². The third-order valence-electron chi connectivity index (χ3n) is 22.9. The van der Waals surface area contributed by atoms with Crippen molar-refractivity contribution in [2.75, 3.05) is 55.0 Å². The highest BCUT2D eigenvalue weighted by Gasteiger charge is 2.55. The zero-order valence-corrected chi connectivity index (χ0v) is 68.6. The number of nitrogens with one attached hydrogen (secondary N) is 4. The van der Waals surface area contributed by atoms with Crippen molar-refractivity contribution in [1.29, 1.82) is 0 Å². The van der Waals surface area contributed by atoms with Crippen LogP contribution in [0.5, 0.6) is 40.2 Å². The fraction of sp³-hybridized carbons (Fsp3) is 0.242. The summed E-state index contributed by atoms with van der Waals surface area (Å²) in [5.74, 6) is 7.18. The SMILES string of the molecule is COc1ccc(C2(C(=O)Nc3cccc(-c4ccc(CN)cc4)n3)CC2)cc1.CS(=O)[O-].Cc1cc(-c2cccc(Cl)c2)cnc1NC(=O)C1(c2ccc3c(c2)OCO3)CC1.Cc1ccccc1-c1cnc(NC(=O)C2(c3ccc4c(c3)OCO4)CC2)c(C)c1C.O=C(Nc1ccc(-c2ccccc2CO)cn1)C1(c2ccc3c(c2)OCO3)CC1.[HH].[HH].[HH]. The third-order valence-corrected chi connectivity index (χ3v) is 23.2. The average molecular weight is 1650 g/mol. The summed E-state index contributed by atoms with van der Waals surface area (Å²) in [5, 5.41) is 22.3. The first kappa shape index (κ1) is 82.3. The van der Waals surface area contributed by atoms with Gasteiger partial charge >= 0.3 is 0 Å². The van der Waals surface area contributed by atoms with Gasteiger partial charge in [0.1, 0.15) is 29.0 Å². The molecule has 1 unspecified atom stereocenters. The van der Waals surface area contributed by atoms with Gasteiger partial charge in [-0.05, 0) is 249 Å². The molecule has 0 bridgehead atoms. The summed E-state index contributed by atoms with van der Waals surface area (Å²) in [6, 6.07) is 67.8. The van der Waals surface area contributed by atoms with Gasteiger partial charge in [0, 0.05) is 56.7 Å². The molecule has 3 aliphatic heterocycles. The smallest absolute Gasteiger partial charge is 0.236 e. The standard InChI is InChI=1S/C25H24N2O3.C23H19ClN2O3.C23H23N3O2.C23H20N2O4.CH4O2S.3H2/c1-15-6-4-5-7-19(15)20-13-26-23(17(3)16(20)2)27-24(28)25(10-11-25)18-8-9-21-22(12-18)30-14-29-21;1-14-9-16(15-3-2-4-18(24)10-15)12-25-21(14)26-22(27)23(7-8-23)17-5-6-19-20(11-17)29-13-28-19;1-28-19-11-9-18(10-12-19)23(13-14-23)22(27)26-21-4-2-3-20(25-21)17-7-5-16(15-24)6-8-17;26-13-16-3-1-2-4-18(16)15-5-8-21(24-12-15)25-22(27)23(9-10-23)17-6-7-19-20(11-17)29-14-28-19;1-4(2)3;;;/h4-9,12-13H,10-11,14H2,1-3H3,(H,26,27,28);2-6,9-12H,7-8,13H2,1H3,(H,25,26,27);2-12H,13-15,24H2,1H3,(H,25,26,27);1-8,11-12,26H,9-10,13-14H2,(H,24,25,27);1H3,(H,2,3);3*1H/p-1. The number of halogens is 1. The molecule has 4 aromatic heterocycles. The fourth-order valence-electron chi connectivity index (χ4n) is 15.1. The van der Waals surface area contributed by atoms with E-state index in [0.29, 0.717) is 57.8 Å². The number of aromatic nitrogens is 4. The molecule has 4 aliphatic carbocycles. The van der Waals surface area contributed by atoms with E-state index in [4.69, 9.17) is 59.3 Å². The molecule has 4 amide bonds. The number of benzene rings is 8. The van der Waals surface area contributed by atoms with E-state index in [-0.39, 0.29) is 54.9 Å². The van der Waals surface area contributed by atoms with Crippen molar-refractivity contribution in [1.82, 2.24) is 19.9 Å². The number of amides is 4. The predicted molar refractivity (Wildman–Crippen MR) is 467 cm³/mol. The number of carbonyl (C=O) groups is 4. The van der Waals surface area contributed by atoms with Crippen LogP contribution in [0.25, 0.3) is 44.6 Å². The number of hydrogen-bond acceptors (Lipinski definition) is 19. The number of aliphatic hydroxyl groups excluding tert-OH is 1. The molecule has 1 atom stereocenters. The lowest BCUT2D eigenvalue weighted by Gasteiger charge is -2.19. The summed E-state index contributed by atoms with van der Waals surface area (Å²) in [6.45, 7) is 9.28. The molecule has 12 aromatic rings. The topological polar surface area (TPSA) is 319 Å². The van der Waals surface area contributed by atoms with Crippen molar-refractivity contribution in [3.8, 4) is 84.9 Å². The summed E-state index contributed by atoms with van der Waals surface area (Å²) in [4.78, 5) is 70.5. The van der Waals surface area contributed by atoms with Gasteiger partial charge in [0.25, 0.3) is 0 Å². The van der Waals surface area contributed by atoms with Crippen molar-refractivity contribution in [2.24, 2.45) is 5.73 Å². The normalized spacial score (nSPS) is 15.4. The van der Waals surface area contributed by atoms with E-state index in [1.54, 1.807) is 25.6 Å². The Morgan fingerprint density at radius 1 is 0.467 bits per heavy atom. The van der Waals surface area contributed by atoms with Gasteiger partial charge in [-0.2, -0.15) is 0 Å². The van der Waals surface area contributed by atoms with Crippen LogP contribution < -0.4 is 60.2 Å². The third kappa shape index (κ3) is 17.9. The van der Waals surface area contributed by atoms with E-state index >= 15 is 0 Å². The predicted octanol–water partition coefficient (Wildman–Crippen LogP) is 17.9. The van der Waals surface area contributed by atoms with Gasteiger partial charge in [0.05, 0.1) is 41.1 Å². The molecule has 7 heterocycles. The first-order valence-corrected chi connectivity index (χ1v) is 41.3. The largest absolute Gasteiger partial charge is 0.773 e. The van der Waals surface area contributed by atoms with Crippen LogP contribution in [0.3, 0.4) is 0 Å². The fourth-order valence-corrected chi connectivity index (χ4v) is 15.2. The number of fused-ring (bicyclic) bond motifs is 3. The monoisotopic (exact) mass is 1650 g/mol. The number of nitrogens with zero attached hydrogens (tertiary/aromatic N) is 4. The van der Waals surface area contributed by atoms with E-state index in [0.717, 1.165) is 164 Å². The molecule has 8 aromatic carbocycles. The molecular weight excluding hydrogens is 1560 g/mol. The van der Waals surface area contributed by atoms with Crippen LogP contribution in [0, 0.1) is 27.7 Å². The highest BCUT2D eigenvalue weighted by atomic mass is 35.5. The number of hydrogen-bond donors (Lipinski definition) is 6. The van der Waals surface area contributed by atoms with E-state index in [2.05, 4.69) is 67.2 Å². The van der Waals surface area contributed by atoms with Crippen LogP contribution in [0.15, 0.2) is 231 Å². The van der Waals surface area contributed by atoms with Crippen molar-refractivity contribution in [3.05, 3.63) is 292 Å². The molecule has 23 nitrogen and oxygen atoms in total. The maximum atomic E-state index is 13.2. The molecule has 0 spiro atoms. The van der Waals surface area contributed by atoms with Crippen molar-refractivity contribution >= 4 is 69.6 Å². The highest BCUT2D eigenvalue weighted by Crippen LogP contribution is 2.55. The van der Waals surface area contributed by atoms with Crippen LogP contribution >= 0.6 is 11.6 Å². The van der Waals surface area contributed by atoms with Crippen molar-refractivity contribution in [3.63, 3.8) is 0 Å². The summed E-state index contributed by atoms with van der Waals surface area (Å²) in [7, 11) is 1.64. The highest BCUT2D eigenvalue weighted by molar-refractivity contribution is 7.78. The Labute approximate surface area is 707 Å². The lowest BCUT2D eigenvalue weighted by atomic mass is 9.93. The molecule has 25 heteroatoms. The number of carbonyl (C=O) groups excluding carboxylic acids is 4. The van der Waals surface area contributed by atoms with E-state index in [1.165, 1.54) is 11.1 Å². The Bertz CT molecular complexity index is 5890. The number of aliphatic hydroxyl groups is 1. The van der Waals surface area contributed by atoms with Gasteiger partial charge < -0.3 is 69.8 Å². The Morgan fingerprint density at radius 3 is 1.45 bits per heavy atom. The summed E-state index contributed by atoms with van der Waals surface area (Å²) in [5.41, 5.74) is 21.5. The summed E-state index contributed by atoms with van der Waals surface area (Å²) in [6.07, 6.45) is 12.9. The molecule has 7 N–H and O–H groups in total. The zero-order valence-electron chi connectivity index (χ0n) is 67.0. The molecule has 4 fully saturated rings. The number of nitrogens with two attached hydrogens (primary N) is 1. The van der Waals surface area contributed by atoms with Gasteiger partial charge in [-0.15, -0.1) is 0 Å². The van der Waals surface area contributed by atoms with Gasteiger partial charge in [0.15, 0.2) is 34.5 Å². The minimum Gasteiger partial charge on any atom is -0.773 e. The first-order valence-electron chi connectivity index (χ1n) is 39.4. The average Bonchev–Trinajstić information content (AvgIpc) is 1.62. The number of pyridine rings is 4. The van der Waals surface area contributed by atoms with Crippen LogP contribution in [-0.4, -0.2) is 91.2 Å². The molecule has 7 aliphatic rings. The minimum absolute atomic E-state index is 0. The van der Waals surface area contributed by atoms with Gasteiger partial charge in [-0.3, -0.25) is 23.4 Å². The molecule has 120 heavy (non-hydrogen) atoms. The van der Waals surface area contributed by atoms with Crippen molar-refractivity contribution in [2.45, 2.75) is 114 Å². The summed E-state index contributed by atoms with van der Waals surface area (Å²) >= 11 is 4.23. The number of rotatable bonds is 19. The van der Waals surface area contributed by atoms with Crippen LogP contribution in [0.2, 0.25) is 5.02 Å². The molecular formula is C95H95ClN9O14S-. The minimum atomic E-state index is -1.86. The Morgan fingerprint density at radius 2 is 0.942 bits per heavy atom. The first-order chi connectivity index (χ1) is 58.1. The van der Waals surface area contributed by atoms with Crippen molar-refractivity contribution < 1.29 is 70.5 Å². The van der Waals surface area contributed by atoms with Crippen LogP contribution in [-0.2, 0) is 65.1 Å². The number of ether oxygens (including phenoxy) is 7. The number of aryl methyl sites for hydroxylation is 2. The second-order valence-electron chi connectivity index (χ2n) is 30.5. The molecule has 0 saturated heterocycles. The second kappa shape index (κ2) is 35.4. The number of anilines is 4. The second-order valence-corrected chi connectivity index (χ2v) is 31.8. The lowest BCUT2D eigenvalue weighted by Crippen LogP contribution is -2.28. The summed E-state index contributed by atoms with van der Waals surface area (Å²) < 4.78 is 55.7. The van der Waals surface area contributed by atoms with Crippen LogP contribution in [0.1, 0.15) is 111 Å². The molecule has 0 radical (unpaired) electrons.